The van der Waals surface area contributed by atoms with Gasteiger partial charge in [-0.2, -0.15) is 4.31 Å². The van der Waals surface area contributed by atoms with Gasteiger partial charge in [-0.15, -0.1) is 0 Å². The van der Waals surface area contributed by atoms with Crippen LogP contribution in [0.5, 0.6) is 5.75 Å². The Morgan fingerprint density at radius 2 is 1.61 bits per heavy atom. The van der Waals surface area contributed by atoms with Crippen molar-refractivity contribution in [1.29, 1.82) is 0 Å². The van der Waals surface area contributed by atoms with Crippen molar-refractivity contribution in [2.45, 2.75) is 11.4 Å². The molecular weight excluding hydrogens is 378 g/mol. The average molecular weight is 404 g/mol. The summed E-state index contributed by atoms with van der Waals surface area (Å²) in [6.45, 7) is 1.81. The zero-order chi connectivity index (χ0) is 20.1. The molecule has 1 aliphatic heterocycles. The van der Waals surface area contributed by atoms with Crippen molar-refractivity contribution in [2.24, 2.45) is 0 Å². The topological polar surface area (TPSA) is 70.2 Å². The monoisotopic (exact) mass is 403 g/mol. The Kier molecular flexibility index (Phi) is 6.21. The van der Waals surface area contributed by atoms with E-state index in [0.29, 0.717) is 25.4 Å². The minimum Gasteiger partial charge on any atom is -0.497 e. The van der Waals surface area contributed by atoms with Gasteiger partial charge in [-0.05, 0) is 29.8 Å². The number of piperazine rings is 1. The molecule has 0 unspecified atom stereocenters. The first kappa shape index (κ1) is 20.2. The normalized spacial score (nSPS) is 15.3. The SMILES string of the molecule is COc1ccc(S(=O)(=O)N2CCN(C(=O)N(C)Cc3ccccc3)CC2)cc1. The first-order valence-electron chi connectivity index (χ1n) is 9.10. The molecule has 0 radical (unpaired) electrons. The number of benzene rings is 2. The molecule has 7 nitrogen and oxygen atoms in total. The van der Waals surface area contributed by atoms with Gasteiger partial charge < -0.3 is 14.5 Å². The fourth-order valence-corrected chi connectivity index (χ4v) is 4.61. The minimum absolute atomic E-state index is 0.0923. The zero-order valence-corrected chi connectivity index (χ0v) is 16.9. The van der Waals surface area contributed by atoms with E-state index in [-0.39, 0.29) is 24.0 Å². The highest BCUT2D eigenvalue weighted by atomic mass is 32.2. The second kappa shape index (κ2) is 8.62. The third kappa shape index (κ3) is 4.45. The largest absolute Gasteiger partial charge is 0.497 e. The van der Waals surface area contributed by atoms with Gasteiger partial charge in [0, 0.05) is 39.8 Å². The van der Waals surface area contributed by atoms with E-state index in [1.165, 1.54) is 11.4 Å². The first-order valence-corrected chi connectivity index (χ1v) is 10.5. The molecule has 2 aromatic carbocycles. The Morgan fingerprint density at radius 3 is 2.18 bits per heavy atom. The van der Waals surface area contributed by atoms with Crippen molar-refractivity contribution in [2.75, 3.05) is 40.3 Å². The number of sulfonamides is 1. The van der Waals surface area contributed by atoms with Gasteiger partial charge in [-0.25, -0.2) is 13.2 Å². The van der Waals surface area contributed by atoms with Gasteiger partial charge in [0.05, 0.1) is 12.0 Å². The van der Waals surface area contributed by atoms with E-state index in [1.807, 2.05) is 30.3 Å². The van der Waals surface area contributed by atoms with Crippen molar-refractivity contribution >= 4 is 16.1 Å². The summed E-state index contributed by atoms with van der Waals surface area (Å²) in [5, 5.41) is 0. The number of amides is 2. The molecule has 0 spiro atoms. The second-order valence-electron chi connectivity index (χ2n) is 6.69. The van der Waals surface area contributed by atoms with E-state index in [2.05, 4.69) is 0 Å². The molecule has 0 aliphatic carbocycles. The lowest BCUT2D eigenvalue weighted by atomic mass is 10.2. The molecule has 0 saturated carbocycles. The summed E-state index contributed by atoms with van der Waals surface area (Å²) in [5.74, 6) is 0.607. The van der Waals surface area contributed by atoms with Gasteiger partial charge in [0.25, 0.3) is 0 Å². The highest BCUT2D eigenvalue weighted by Gasteiger charge is 2.31. The highest BCUT2D eigenvalue weighted by molar-refractivity contribution is 7.89. The third-order valence-corrected chi connectivity index (χ3v) is 6.71. The van der Waals surface area contributed by atoms with Crippen LogP contribution in [0.25, 0.3) is 0 Å². The van der Waals surface area contributed by atoms with Crippen LogP contribution in [0.4, 0.5) is 4.79 Å². The number of rotatable bonds is 5. The molecule has 1 aliphatic rings. The molecule has 0 N–H and O–H groups in total. The van der Waals surface area contributed by atoms with Gasteiger partial charge >= 0.3 is 6.03 Å². The molecule has 150 valence electrons. The number of hydrogen-bond acceptors (Lipinski definition) is 4. The minimum atomic E-state index is -3.58. The van der Waals surface area contributed by atoms with Crippen LogP contribution in [0.1, 0.15) is 5.56 Å². The molecule has 3 rings (SSSR count). The first-order chi connectivity index (χ1) is 13.4. The van der Waals surface area contributed by atoms with Crippen LogP contribution < -0.4 is 4.74 Å². The van der Waals surface area contributed by atoms with Gasteiger partial charge in [-0.3, -0.25) is 0 Å². The van der Waals surface area contributed by atoms with E-state index in [0.717, 1.165) is 5.56 Å². The Morgan fingerprint density at radius 1 is 1.00 bits per heavy atom. The zero-order valence-electron chi connectivity index (χ0n) is 16.1. The summed E-state index contributed by atoms with van der Waals surface area (Å²) in [4.78, 5) is 16.3. The number of urea groups is 1. The van der Waals surface area contributed by atoms with E-state index in [1.54, 1.807) is 41.1 Å². The lowest BCUT2D eigenvalue weighted by Gasteiger charge is -2.36. The summed E-state index contributed by atoms with van der Waals surface area (Å²) in [6.07, 6.45) is 0. The maximum Gasteiger partial charge on any atom is 0.320 e. The van der Waals surface area contributed by atoms with Crippen molar-refractivity contribution in [3.05, 3.63) is 60.2 Å². The van der Waals surface area contributed by atoms with Crippen LogP contribution in [0.3, 0.4) is 0 Å². The van der Waals surface area contributed by atoms with Gasteiger partial charge in [-0.1, -0.05) is 30.3 Å². The van der Waals surface area contributed by atoms with Crippen molar-refractivity contribution < 1.29 is 17.9 Å². The molecule has 1 saturated heterocycles. The molecule has 8 heteroatoms. The Labute approximate surface area is 166 Å². The van der Waals surface area contributed by atoms with Gasteiger partial charge in [0.1, 0.15) is 5.75 Å². The van der Waals surface area contributed by atoms with Crippen molar-refractivity contribution in [3.8, 4) is 5.75 Å². The molecule has 2 aromatic rings. The second-order valence-corrected chi connectivity index (χ2v) is 8.63. The van der Waals surface area contributed by atoms with Crippen LogP contribution >= 0.6 is 0 Å². The standard InChI is InChI=1S/C20H25N3O4S/c1-21(16-17-6-4-3-5-7-17)20(24)22-12-14-23(15-13-22)28(25,26)19-10-8-18(27-2)9-11-19/h3-11H,12-16H2,1-2H3. The molecule has 1 heterocycles. The van der Waals surface area contributed by atoms with Crippen LogP contribution in [0.2, 0.25) is 0 Å². The van der Waals surface area contributed by atoms with E-state index >= 15 is 0 Å². The summed E-state index contributed by atoms with van der Waals surface area (Å²) in [6, 6.07) is 16.0. The predicted molar refractivity (Wildman–Crippen MR) is 107 cm³/mol. The number of methoxy groups -OCH3 is 1. The third-order valence-electron chi connectivity index (χ3n) is 4.80. The van der Waals surface area contributed by atoms with Crippen LogP contribution in [-0.4, -0.2) is 68.9 Å². The summed E-state index contributed by atoms with van der Waals surface area (Å²) >= 11 is 0. The molecule has 1 fully saturated rings. The lowest BCUT2D eigenvalue weighted by Crippen LogP contribution is -2.53. The molecule has 0 atom stereocenters. The Bertz CT molecular complexity index is 893. The smallest absolute Gasteiger partial charge is 0.320 e. The number of ether oxygens (including phenoxy) is 1. The Hall–Kier alpha value is -2.58. The number of nitrogens with zero attached hydrogens (tertiary/aromatic N) is 3. The molecule has 0 bridgehead atoms. The quantitative estimate of drug-likeness (QED) is 0.768. The van der Waals surface area contributed by atoms with Crippen LogP contribution in [0.15, 0.2) is 59.5 Å². The summed E-state index contributed by atoms with van der Waals surface area (Å²) in [7, 11) is -0.283. The van der Waals surface area contributed by atoms with E-state index in [4.69, 9.17) is 4.74 Å². The molecule has 28 heavy (non-hydrogen) atoms. The van der Waals surface area contributed by atoms with Gasteiger partial charge in [0.2, 0.25) is 10.0 Å². The number of carbonyl (C=O) groups excluding carboxylic acids is 1. The van der Waals surface area contributed by atoms with E-state index in [9.17, 15) is 13.2 Å². The lowest BCUT2D eigenvalue weighted by molar-refractivity contribution is 0.140. The van der Waals surface area contributed by atoms with Crippen LogP contribution in [0, 0.1) is 0 Å². The van der Waals surface area contributed by atoms with Crippen LogP contribution in [-0.2, 0) is 16.6 Å². The molecule has 0 aromatic heterocycles. The van der Waals surface area contributed by atoms with Crippen molar-refractivity contribution in [1.82, 2.24) is 14.1 Å². The fourth-order valence-electron chi connectivity index (χ4n) is 3.18. The predicted octanol–water partition coefficient (Wildman–Crippen LogP) is 2.25. The number of carbonyl (C=O) groups is 1. The Balaban J connectivity index is 1.59. The molecular formula is C20H25N3O4S. The van der Waals surface area contributed by atoms with Gasteiger partial charge in [0.15, 0.2) is 0 Å². The summed E-state index contributed by atoms with van der Waals surface area (Å²) in [5.41, 5.74) is 1.05. The fraction of sp³-hybridized carbons (Fsp3) is 0.350. The van der Waals surface area contributed by atoms with E-state index < -0.39 is 10.0 Å². The average Bonchev–Trinajstić information content (AvgIpc) is 2.74. The van der Waals surface area contributed by atoms with Crippen molar-refractivity contribution in [3.63, 3.8) is 0 Å². The molecule has 2 amide bonds. The highest BCUT2D eigenvalue weighted by Crippen LogP contribution is 2.21. The number of hydrogen-bond donors (Lipinski definition) is 0. The maximum absolute atomic E-state index is 12.8. The maximum atomic E-state index is 12.8. The summed E-state index contributed by atoms with van der Waals surface area (Å²) < 4.78 is 32.1.